The molecule has 0 radical (unpaired) electrons. The zero-order valence-corrected chi connectivity index (χ0v) is 21.5. The lowest BCUT2D eigenvalue weighted by molar-refractivity contribution is -0.137. The maximum Gasteiger partial charge on any atom is 0.416 e. The highest BCUT2D eigenvalue weighted by Gasteiger charge is 2.31. The third-order valence-corrected chi connectivity index (χ3v) is 6.51. The molecule has 0 amide bonds. The van der Waals surface area contributed by atoms with Crippen molar-refractivity contribution in [2.75, 3.05) is 7.05 Å². The van der Waals surface area contributed by atoms with Crippen LogP contribution < -0.4 is 15.4 Å². The molecule has 1 aliphatic rings. The van der Waals surface area contributed by atoms with E-state index in [2.05, 4.69) is 26.8 Å². The first-order valence-electron chi connectivity index (χ1n) is 11.1. The second-order valence-corrected chi connectivity index (χ2v) is 9.59. The molecular weight excluding hydrogens is 513 g/mol. The number of nitrogens with zero attached hydrogens (tertiary/aromatic N) is 2. The van der Waals surface area contributed by atoms with Crippen molar-refractivity contribution >= 4 is 35.0 Å². The number of allylic oxidation sites excluding steroid dienone is 5. The van der Waals surface area contributed by atoms with Crippen LogP contribution in [0, 0.1) is 10.8 Å². The molecule has 0 fully saturated rings. The fourth-order valence-electron chi connectivity index (χ4n) is 3.55. The van der Waals surface area contributed by atoms with Crippen LogP contribution in [-0.4, -0.2) is 17.5 Å². The summed E-state index contributed by atoms with van der Waals surface area (Å²) < 4.78 is 48.8. The van der Waals surface area contributed by atoms with Crippen molar-refractivity contribution in [2.24, 2.45) is 11.1 Å². The van der Waals surface area contributed by atoms with Gasteiger partial charge in [-0.05, 0) is 86.0 Å². The van der Waals surface area contributed by atoms with Crippen LogP contribution in [0.15, 0.2) is 65.6 Å². The minimum Gasteiger partial charge on any atom is -0.456 e. The molecular formula is C25H26ClF3N4O2S. The number of nitroso groups, excluding NO2 is 1. The second-order valence-electron chi connectivity index (χ2n) is 8.38. The number of aromatic nitrogens is 1. The molecule has 3 rings (SSSR count). The smallest absolute Gasteiger partial charge is 0.416 e. The van der Waals surface area contributed by atoms with Gasteiger partial charge in [-0.15, -0.1) is 4.91 Å². The lowest BCUT2D eigenvalue weighted by atomic mass is 9.92. The first-order valence-corrected chi connectivity index (χ1v) is 12.2. The van der Waals surface area contributed by atoms with E-state index in [-0.39, 0.29) is 34.7 Å². The van der Waals surface area contributed by atoms with Crippen molar-refractivity contribution in [1.29, 1.82) is 0 Å². The Morgan fingerprint density at radius 3 is 2.72 bits per heavy atom. The van der Waals surface area contributed by atoms with Crippen molar-refractivity contribution < 1.29 is 17.9 Å². The van der Waals surface area contributed by atoms with Crippen LogP contribution in [0.3, 0.4) is 0 Å². The lowest BCUT2D eigenvalue weighted by Crippen LogP contribution is -2.36. The average molecular weight is 539 g/mol. The summed E-state index contributed by atoms with van der Waals surface area (Å²) in [5, 5.41) is 9.62. The number of hydrogen-bond acceptors (Lipinski definition) is 7. The van der Waals surface area contributed by atoms with Crippen LogP contribution in [0.2, 0.25) is 5.02 Å². The van der Waals surface area contributed by atoms with Gasteiger partial charge in [0.05, 0.1) is 27.2 Å². The van der Waals surface area contributed by atoms with Gasteiger partial charge in [0.2, 0.25) is 5.82 Å². The van der Waals surface area contributed by atoms with E-state index in [0.717, 1.165) is 28.6 Å². The average Bonchev–Trinajstić information content (AvgIpc) is 3.24. The topological polar surface area (TPSA) is 75.6 Å². The molecule has 1 aromatic heterocycles. The van der Waals surface area contributed by atoms with Crippen molar-refractivity contribution in [1.82, 2.24) is 15.0 Å². The Labute approximate surface area is 216 Å². The Bertz CT molecular complexity index is 1200. The zero-order valence-electron chi connectivity index (χ0n) is 19.9. The maximum atomic E-state index is 13.0. The number of benzene rings is 1. The molecule has 0 aliphatic heterocycles. The summed E-state index contributed by atoms with van der Waals surface area (Å²) >= 11 is 7.19. The van der Waals surface area contributed by atoms with Crippen molar-refractivity contribution in [3.05, 3.63) is 86.3 Å². The Morgan fingerprint density at radius 2 is 2.14 bits per heavy atom. The number of rotatable bonds is 10. The SMILES string of the molecule is C=C(/C=C/c1snc(N=O)c1C(NC)NC(C)C)C1C=CC(Oc2cc(C(F)(F)F)ccc2Cl)=CC1. The third-order valence-electron chi connectivity index (χ3n) is 5.38. The van der Waals surface area contributed by atoms with Gasteiger partial charge >= 0.3 is 6.18 Å². The van der Waals surface area contributed by atoms with E-state index in [9.17, 15) is 18.1 Å². The van der Waals surface area contributed by atoms with Gasteiger partial charge in [0, 0.05) is 12.0 Å². The fraction of sp³-hybridized carbons (Fsp3) is 0.320. The largest absolute Gasteiger partial charge is 0.456 e. The molecule has 0 saturated heterocycles. The van der Waals surface area contributed by atoms with E-state index in [1.807, 2.05) is 32.1 Å². The summed E-state index contributed by atoms with van der Waals surface area (Å²) in [6, 6.07) is 3.12. The molecule has 36 heavy (non-hydrogen) atoms. The van der Waals surface area contributed by atoms with E-state index >= 15 is 0 Å². The molecule has 0 saturated carbocycles. The number of alkyl halides is 3. The van der Waals surface area contributed by atoms with Gasteiger partial charge in [-0.2, -0.15) is 17.5 Å². The molecule has 6 nitrogen and oxygen atoms in total. The number of halogens is 4. The van der Waals surface area contributed by atoms with Gasteiger partial charge in [0.25, 0.3) is 0 Å². The lowest BCUT2D eigenvalue weighted by Gasteiger charge is -2.21. The van der Waals surface area contributed by atoms with Crippen molar-refractivity contribution in [3.63, 3.8) is 0 Å². The highest BCUT2D eigenvalue weighted by Crippen LogP contribution is 2.37. The van der Waals surface area contributed by atoms with Crippen LogP contribution >= 0.6 is 23.1 Å². The minimum atomic E-state index is -4.49. The van der Waals surface area contributed by atoms with Gasteiger partial charge in [-0.1, -0.05) is 30.3 Å². The molecule has 192 valence electrons. The molecule has 1 aromatic carbocycles. The molecule has 2 aromatic rings. The van der Waals surface area contributed by atoms with Crippen LogP contribution in [0.1, 0.15) is 42.4 Å². The first kappa shape index (κ1) is 27.8. The number of hydrogen-bond donors (Lipinski definition) is 2. The molecule has 2 unspecified atom stereocenters. The summed E-state index contributed by atoms with van der Waals surface area (Å²) in [4.78, 5) is 12.1. The summed E-state index contributed by atoms with van der Waals surface area (Å²) in [5.41, 5.74) is 0.637. The Hall–Kier alpha value is -2.79. The third kappa shape index (κ3) is 6.91. The quantitative estimate of drug-likeness (QED) is 0.186. The van der Waals surface area contributed by atoms with Gasteiger partial charge in [-0.25, -0.2) is 0 Å². The number of nitrogens with one attached hydrogen (secondary N) is 2. The Morgan fingerprint density at radius 1 is 1.39 bits per heavy atom. The van der Waals surface area contributed by atoms with Gasteiger partial charge in [0.15, 0.2) is 0 Å². The van der Waals surface area contributed by atoms with Crippen LogP contribution in [0.5, 0.6) is 5.75 Å². The van der Waals surface area contributed by atoms with Crippen LogP contribution in [0.25, 0.3) is 6.08 Å². The van der Waals surface area contributed by atoms with E-state index in [1.165, 1.54) is 11.5 Å². The van der Waals surface area contributed by atoms with Crippen LogP contribution in [-0.2, 0) is 6.18 Å². The predicted molar refractivity (Wildman–Crippen MR) is 138 cm³/mol. The zero-order chi connectivity index (χ0) is 26.5. The van der Waals surface area contributed by atoms with Gasteiger partial charge in [-0.3, -0.25) is 5.32 Å². The molecule has 11 heteroatoms. The summed E-state index contributed by atoms with van der Waals surface area (Å²) in [7, 11) is 1.78. The fourth-order valence-corrected chi connectivity index (χ4v) is 4.45. The summed E-state index contributed by atoms with van der Waals surface area (Å²) in [6.45, 7) is 8.13. The second kappa shape index (κ2) is 12.0. The highest BCUT2D eigenvalue weighted by molar-refractivity contribution is 7.07. The Kier molecular flexibility index (Phi) is 9.24. The minimum absolute atomic E-state index is 0.0421. The van der Waals surface area contributed by atoms with Gasteiger partial charge in [0.1, 0.15) is 11.5 Å². The standard InChI is InChI=1S/C25H26ClF3N4O2S/c1-14(2)31-23(30-4)22-21(36-33-24(22)32-34)12-5-15(3)16-6-9-18(10-7-16)35-20-13-17(25(27,28)29)8-11-19(20)26/h5-6,8-14,16,23,30-31H,3,7H2,1-2,4H3/b12-5+. The predicted octanol–water partition coefficient (Wildman–Crippen LogP) is 7.54. The molecule has 1 aliphatic carbocycles. The van der Waals surface area contributed by atoms with Crippen LogP contribution in [0.4, 0.5) is 19.0 Å². The molecule has 0 spiro atoms. The highest BCUT2D eigenvalue weighted by atomic mass is 35.5. The first-order chi connectivity index (χ1) is 17.0. The van der Waals surface area contributed by atoms with E-state index in [4.69, 9.17) is 16.3 Å². The number of ether oxygens (including phenoxy) is 1. The van der Waals surface area contributed by atoms with E-state index in [1.54, 1.807) is 19.2 Å². The summed E-state index contributed by atoms with van der Waals surface area (Å²) in [5.74, 6) is 0.422. The molecule has 2 N–H and O–H groups in total. The maximum absolute atomic E-state index is 13.0. The molecule has 1 heterocycles. The molecule has 0 bridgehead atoms. The normalized spacial score (nSPS) is 16.9. The summed E-state index contributed by atoms with van der Waals surface area (Å²) in [6.07, 6.45) is 4.77. The monoisotopic (exact) mass is 538 g/mol. The van der Waals surface area contributed by atoms with E-state index < -0.39 is 11.7 Å². The van der Waals surface area contributed by atoms with Gasteiger partial charge < -0.3 is 10.1 Å². The van der Waals surface area contributed by atoms with Crippen molar-refractivity contribution in [3.8, 4) is 5.75 Å². The van der Waals surface area contributed by atoms with Crippen molar-refractivity contribution in [2.45, 2.75) is 38.7 Å². The Balaban J connectivity index is 1.69. The molecule has 2 atom stereocenters. The van der Waals surface area contributed by atoms with E-state index in [0.29, 0.717) is 17.7 Å².